The first-order chi connectivity index (χ1) is 6.86. The van der Waals surface area contributed by atoms with E-state index in [0.29, 0.717) is 5.69 Å². The molecule has 2 heterocycles. The molecule has 1 aromatic heterocycles. The maximum atomic E-state index is 11.5. The van der Waals surface area contributed by atoms with Crippen molar-refractivity contribution in [2.75, 3.05) is 13.1 Å². The minimum absolute atomic E-state index is 0. The standard InChI is InChI=1S/C8H12N4OS.ClH/c13-8(7-5-14-12-11-7)10-6-2-1-3-9-4-6;/h5-6,9H,1-4H2,(H,10,13);1H. The van der Waals surface area contributed by atoms with Gasteiger partial charge in [-0.1, -0.05) is 4.49 Å². The molecule has 1 unspecified atom stereocenters. The first kappa shape index (κ1) is 12.4. The molecule has 2 N–H and O–H groups in total. The number of piperidine rings is 1. The minimum Gasteiger partial charge on any atom is -0.347 e. The Labute approximate surface area is 98.2 Å². The molecule has 5 nitrogen and oxygen atoms in total. The van der Waals surface area contributed by atoms with Crippen molar-refractivity contribution in [3.8, 4) is 0 Å². The summed E-state index contributed by atoms with van der Waals surface area (Å²) in [7, 11) is 0. The van der Waals surface area contributed by atoms with Gasteiger partial charge in [0.1, 0.15) is 0 Å². The first-order valence-corrected chi connectivity index (χ1v) is 5.48. The lowest BCUT2D eigenvalue weighted by Gasteiger charge is -2.23. The van der Waals surface area contributed by atoms with Gasteiger partial charge in [0, 0.05) is 18.0 Å². The quantitative estimate of drug-likeness (QED) is 0.797. The van der Waals surface area contributed by atoms with Crippen molar-refractivity contribution in [3.63, 3.8) is 0 Å². The molecule has 1 aromatic rings. The summed E-state index contributed by atoms with van der Waals surface area (Å²) in [6, 6.07) is 0.234. The van der Waals surface area contributed by atoms with Gasteiger partial charge in [-0.05, 0) is 30.9 Å². The van der Waals surface area contributed by atoms with Crippen LogP contribution in [0.4, 0.5) is 0 Å². The lowest BCUT2D eigenvalue weighted by Crippen LogP contribution is -2.45. The van der Waals surface area contributed by atoms with Crippen LogP contribution in [0.25, 0.3) is 0 Å². The lowest BCUT2D eigenvalue weighted by molar-refractivity contribution is 0.0925. The fourth-order valence-corrected chi connectivity index (χ4v) is 1.93. The van der Waals surface area contributed by atoms with Crippen molar-refractivity contribution in [2.45, 2.75) is 18.9 Å². The second-order valence-electron chi connectivity index (χ2n) is 3.31. The molecule has 2 rings (SSSR count). The predicted octanol–water partition coefficient (Wildman–Crippen LogP) is 0.442. The van der Waals surface area contributed by atoms with E-state index in [0.717, 1.165) is 25.9 Å². The van der Waals surface area contributed by atoms with Crippen molar-refractivity contribution in [1.82, 2.24) is 20.2 Å². The van der Waals surface area contributed by atoms with E-state index in [2.05, 4.69) is 20.2 Å². The molecule has 0 spiro atoms. The summed E-state index contributed by atoms with van der Waals surface area (Å²) in [5.74, 6) is -0.118. The molecule has 1 amide bonds. The molecular weight excluding hydrogens is 236 g/mol. The molecule has 1 aliphatic rings. The third kappa shape index (κ3) is 3.40. The normalized spacial score (nSPS) is 20.4. The summed E-state index contributed by atoms with van der Waals surface area (Å²) < 4.78 is 3.65. The van der Waals surface area contributed by atoms with Crippen molar-refractivity contribution >= 4 is 29.8 Å². The Balaban J connectivity index is 0.00000112. The summed E-state index contributed by atoms with van der Waals surface area (Å²) in [6.07, 6.45) is 2.15. The van der Waals surface area contributed by atoms with E-state index in [4.69, 9.17) is 0 Å². The van der Waals surface area contributed by atoms with Gasteiger partial charge in [0.05, 0.1) is 0 Å². The Morgan fingerprint density at radius 3 is 3.13 bits per heavy atom. The van der Waals surface area contributed by atoms with Crippen molar-refractivity contribution in [2.24, 2.45) is 0 Å². The van der Waals surface area contributed by atoms with Gasteiger partial charge in [-0.25, -0.2) is 0 Å². The number of carbonyl (C=O) groups excluding carboxylic acids is 1. The van der Waals surface area contributed by atoms with Crippen LogP contribution < -0.4 is 10.6 Å². The average Bonchev–Trinajstić information content (AvgIpc) is 2.72. The van der Waals surface area contributed by atoms with E-state index in [9.17, 15) is 4.79 Å². The Hall–Kier alpha value is -0.720. The smallest absolute Gasteiger partial charge is 0.272 e. The number of hydrogen-bond donors (Lipinski definition) is 2. The molecule has 0 aromatic carbocycles. The highest BCUT2D eigenvalue weighted by molar-refractivity contribution is 7.03. The van der Waals surface area contributed by atoms with Gasteiger partial charge in [-0.3, -0.25) is 4.79 Å². The second-order valence-corrected chi connectivity index (χ2v) is 3.92. The van der Waals surface area contributed by atoms with Crippen molar-refractivity contribution in [3.05, 3.63) is 11.1 Å². The van der Waals surface area contributed by atoms with Crippen LogP contribution in [-0.2, 0) is 0 Å². The van der Waals surface area contributed by atoms with E-state index >= 15 is 0 Å². The van der Waals surface area contributed by atoms with Crippen LogP contribution in [0.5, 0.6) is 0 Å². The van der Waals surface area contributed by atoms with Crippen LogP contribution in [0.2, 0.25) is 0 Å². The zero-order chi connectivity index (χ0) is 9.80. The summed E-state index contributed by atoms with van der Waals surface area (Å²) in [6.45, 7) is 1.90. The van der Waals surface area contributed by atoms with Crippen molar-refractivity contribution in [1.29, 1.82) is 0 Å². The van der Waals surface area contributed by atoms with E-state index in [1.54, 1.807) is 5.38 Å². The summed E-state index contributed by atoms with van der Waals surface area (Å²) in [5, 5.41) is 11.5. The summed E-state index contributed by atoms with van der Waals surface area (Å²) in [5.41, 5.74) is 0.417. The third-order valence-corrected chi connectivity index (χ3v) is 2.73. The number of halogens is 1. The molecule has 1 saturated heterocycles. The molecule has 1 fully saturated rings. The Morgan fingerprint density at radius 2 is 2.53 bits per heavy atom. The van der Waals surface area contributed by atoms with Gasteiger partial charge in [0.15, 0.2) is 5.69 Å². The lowest BCUT2D eigenvalue weighted by atomic mass is 10.1. The average molecular weight is 249 g/mol. The van der Waals surface area contributed by atoms with E-state index in [1.807, 2.05) is 0 Å². The fraction of sp³-hybridized carbons (Fsp3) is 0.625. The first-order valence-electron chi connectivity index (χ1n) is 4.65. The summed E-state index contributed by atoms with van der Waals surface area (Å²) in [4.78, 5) is 11.5. The van der Waals surface area contributed by atoms with Gasteiger partial charge in [-0.2, -0.15) is 0 Å². The van der Waals surface area contributed by atoms with Crippen LogP contribution in [-0.4, -0.2) is 34.6 Å². The topological polar surface area (TPSA) is 66.9 Å². The zero-order valence-electron chi connectivity index (χ0n) is 8.10. The van der Waals surface area contributed by atoms with Crippen LogP contribution in [0.3, 0.4) is 0 Å². The molecule has 1 aliphatic heterocycles. The number of amides is 1. The number of hydrogen-bond acceptors (Lipinski definition) is 5. The Bertz CT molecular complexity index is 300. The molecule has 15 heavy (non-hydrogen) atoms. The minimum atomic E-state index is -0.118. The molecular formula is C8H13ClN4OS. The molecule has 1 atom stereocenters. The molecule has 0 bridgehead atoms. The van der Waals surface area contributed by atoms with Crippen molar-refractivity contribution < 1.29 is 4.79 Å². The van der Waals surface area contributed by atoms with Gasteiger partial charge < -0.3 is 10.6 Å². The second kappa shape index (κ2) is 5.99. The predicted molar refractivity (Wildman–Crippen MR) is 60.5 cm³/mol. The van der Waals surface area contributed by atoms with Gasteiger partial charge in [0.25, 0.3) is 5.91 Å². The number of aromatic nitrogens is 2. The number of nitrogens with one attached hydrogen (secondary N) is 2. The number of carbonyl (C=O) groups is 1. The number of rotatable bonds is 2. The molecule has 0 saturated carbocycles. The van der Waals surface area contributed by atoms with E-state index < -0.39 is 0 Å². The van der Waals surface area contributed by atoms with Gasteiger partial charge in [-0.15, -0.1) is 17.5 Å². The number of nitrogens with zero attached hydrogens (tertiary/aromatic N) is 2. The van der Waals surface area contributed by atoms with E-state index in [1.165, 1.54) is 11.5 Å². The molecule has 84 valence electrons. The van der Waals surface area contributed by atoms with Gasteiger partial charge in [0.2, 0.25) is 0 Å². The highest BCUT2D eigenvalue weighted by atomic mass is 35.5. The van der Waals surface area contributed by atoms with Crippen LogP contribution >= 0.6 is 23.9 Å². The Kier molecular flexibility index (Phi) is 4.93. The van der Waals surface area contributed by atoms with Crippen LogP contribution in [0.15, 0.2) is 5.38 Å². The zero-order valence-corrected chi connectivity index (χ0v) is 9.74. The van der Waals surface area contributed by atoms with Gasteiger partial charge >= 0.3 is 0 Å². The van der Waals surface area contributed by atoms with E-state index in [-0.39, 0.29) is 24.4 Å². The molecule has 7 heteroatoms. The summed E-state index contributed by atoms with van der Waals surface area (Å²) >= 11 is 1.19. The van der Waals surface area contributed by atoms with Crippen LogP contribution in [0.1, 0.15) is 23.3 Å². The largest absolute Gasteiger partial charge is 0.347 e. The van der Waals surface area contributed by atoms with Crippen LogP contribution in [0, 0.1) is 0 Å². The SMILES string of the molecule is Cl.O=C(NC1CCCNC1)c1csnn1. The molecule has 0 aliphatic carbocycles. The maximum Gasteiger partial charge on any atom is 0.272 e. The highest BCUT2D eigenvalue weighted by Crippen LogP contribution is 2.03. The maximum absolute atomic E-state index is 11.5. The third-order valence-electron chi connectivity index (χ3n) is 2.22. The molecule has 0 radical (unpaired) electrons. The fourth-order valence-electron chi connectivity index (χ4n) is 1.50. The monoisotopic (exact) mass is 248 g/mol. The Morgan fingerprint density at radius 1 is 1.67 bits per heavy atom. The highest BCUT2D eigenvalue weighted by Gasteiger charge is 2.17.